The summed E-state index contributed by atoms with van der Waals surface area (Å²) in [4.78, 5) is 0. The van der Waals surface area contributed by atoms with Crippen molar-refractivity contribution in [3.63, 3.8) is 0 Å². The number of halogens is 2. The van der Waals surface area contributed by atoms with E-state index in [1.807, 2.05) is 6.92 Å². The second-order valence-electron chi connectivity index (χ2n) is 6.77. The summed E-state index contributed by atoms with van der Waals surface area (Å²) >= 11 is 0. The number of hydrogen-bond donors (Lipinski definition) is 1. The number of rotatable bonds is 4. The molecule has 0 aromatic heterocycles. The molecule has 1 N–H and O–H groups in total. The Morgan fingerprint density at radius 2 is 1.62 bits per heavy atom. The zero-order chi connectivity index (χ0) is 15.7. The molecule has 118 valence electrons. The molecule has 1 saturated carbocycles. The topological polar surface area (TPSA) is 29.5 Å². The van der Waals surface area contributed by atoms with Crippen molar-refractivity contribution in [3.8, 4) is 0 Å². The van der Waals surface area contributed by atoms with Gasteiger partial charge in [-0.3, -0.25) is 0 Å². The van der Waals surface area contributed by atoms with Crippen LogP contribution in [-0.4, -0.2) is 17.3 Å². The molecular weight excluding hydrogens is 274 g/mol. The summed E-state index contributed by atoms with van der Waals surface area (Å²) in [7, 11) is 0. The maximum absolute atomic E-state index is 13.4. The largest absolute Gasteiger partial charge is 0.385 e. The Balaban J connectivity index is 2.29. The van der Waals surface area contributed by atoms with Gasteiger partial charge in [-0.1, -0.05) is 13.8 Å². The predicted molar refractivity (Wildman–Crippen MR) is 77.9 cm³/mol. The second-order valence-corrected chi connectivity index (χ2v) is 6.77. The molecule has 1 unspecified atom stereocenters. The summed E-state index contributed by atoms with van der Waals surface area (Å²) in [5, 5.41) is 10.7. The van der Waals surface area contributed by atoms with Crippen molar-refractivity contribution in [1.29, 1.82) is 0 Å². The van der Waals surface area contributed by atoms with E-state index in [9.17, 15) is 13.9 Å². The molecule has 0 bridgehead atoms. The van der Waals surface area contributed by atoms with E-state index in [0.29, 0.717) is 19.4 Å². The summed E-state index contributed by atoms with van der Waals surface area (Å²) in [6.45, 7) is 6.73. The molecule has 0 spiro atoms. The minimum atomic E-state index is -1.02. The SMILES string of the molecule is CCOC1(C(O)c2cc(F)cc(F)c2)CCC(C)(C)CC1. The molecule has 1 aliphatic rings. The molecule has 0 saturated heterocycles. The van der Waals surface area contributed by atoms with Crippen LogP contribution in [0.15, 0.2) is 18.2 Å². The van der Waals surface area contributed by atoms with Gasteiger partial charge in [-0.15, -0.1) is 0 Å². The molecular formula is C17H24F2O2. The lowest BCUT2D eigenvalue weighted by Gasteiger charge is -2.46. The Morgan fingerprint density at radius 1 is 1.10 bits per heavy atom. The van der Waals surface area contributed by atoms with Crippen LogP contribution in [-0.2, 0) is 4.74 Å². The minimum absolute atomic E-state index is 0.216. The highest BCUT2D eigenvalue weighted by Gasteiger charge is 2.45. The molecule has 2 rings (SSSR count). The van der Waals surface area contributed by atoms with Crippen LogP contribution in [0.3, 0.4) is 0 Å². The lowest BCUT2D eigenvalue weighted by molar-refractivity contribution is -0.153. The molecule has 0 aliphatic heterocycles. The Hall–Kier alpha value is -1.00. The van der Waals surface area contributed by atoms with E-state index in [0.717, 1.165) is 18.9 Å². The summed E-state index contributed by atoms with van der Waals surface area (Å²) in [6, 6.07) is 3.19. The lowest BCUT2D eigenvalue weighted by Crippen LogP contribution is -2.44. The van der Waals surface area contributed by atoms with Crippen LogP contribution in [0.4, 0.5) is 8.78 Å². The fraction of sp³-hybridized carbons (Fsp3) is 0.647. The number of benzene rings is 1. The highest BCUT2D eigenvalue weighted by Crippen LogP contribution is 2.47. The third kappa shape index (κ3) is 3.61. The molecule has 0 heterocycles. The van der Waals surface area contributed by atoms with Gasteiger partial charge in [0.2, 0.25) is 0 Å². The monoisotopic (exact) mass is 298 g/mol. The molecule has 0 amide bonds. The van der Waals surface area contributed by atoms with Gasteiger partial charge >= 0.3 is 0 Å². The summed E-state index contributed by atoms with van der Waals surface area (Å²) in [6.07, 6.45) is 2.20. The van der Waals surface area contributed by atoms with Gasteiger partial charge in [-0.05, 0) is 55.7 Å². The van der Waals surface area contributed by atoms with Gasteiger partial charge in [-0.2, -0.15) is 0 Å². The number of aliphatic hydroxyl groups is 1. The van der Waals surface area contributed by atoms with Crippen LogP contribution in [0, 0.1) is 17.0 Å². The van der Waals surface area contributed by atoms with Crippen molar-refractivity contribution in [2.45, 2.75) is 58.2 Å². The van der Waals surface area contributed by atoms with Crippen LogP contribution in [0.25, 0.3) is 0 Å². The first-order valence-corrected chi connectivity index (χ1v) is 7.56. The van der Waals surface area contributed by atoms with Crippen LogP contribution in [0.1, 0.15) is 58.1 Å². The number of aliphatic hydroxyl groups excluding tert-OH is 1. The molecule has 1 fully saturated rings. The van der Waals surface area contributed by atoms with E-state index >= 15 is 0 Å². The molecule has 0 radical (unpaired) electrons. The first-order valence-electron chi connectivity index (χ1n) is 7.56. The number of ether oxygens (including phenoxy) is 1. The summed E-state index contributed by atoms with van der Waals surface area (Å²) in [5.41, 5.74) is -0.279. The average molecular weight is 298 g/mol. The van der Waals surface area contributed by atoms with E-state index in [-0.39, 0.29) is 11.0 Å². The first-order chi connectivity index (χ1) is 9.78. The second kappa shape index (κ2) is 6.01. The lowest BCUT2D eigenvalue weighted by atomic mass is 9.68. The third-order valence-electron chi connectivity index (χ3n) is 4.58. The molecule has 1 aliphatic carbocycles. The Morgan fingerprint density at radius 3 is 2.10 bits per heavy atom. The van der Waals surface area contributed by atoms with Crippen molar-refractivity contribution >= 4 is 0 Å². The Kier molecular flexibility index (Phi) is 4.69. The zero-order valence-electron chi connectivity index (χ0n) is 13.0. The molecule has 4 heteroatoms. The zero-order valence-corrected chi connectivity index (χ0v) is 13.0. The Labute approximate surface area is 125 Å². The van der Waals surface area contributed by atoms with Crippen LogP contribution in [0.2, 0.25) is 0 Å². The fourth-order valence-electron chi connectivity index (χ4n) is 3.17. The maximum atomic E-state index is 13.4. The quantitative estimate of drug-likeness (QED) is 0.894. The van der Waals surface area contributed by atoms with E-state index in [4.69, 9.17) is 4.74 Å². The fourth-order valence-corrected chi connectivity index (χ4v) is 3.17. The highest BCUT2D eigenvalue weighted by atomic mass is 19.1. The van der Waals surface area contributed by atoms with Gasteiger partial charge in [-0.25, -0.2) is 8.78 Å². The van der Waals surface area contributed by atoms with Gasteiger partial charge in [0.15, 0.2) is 0 Å². The van der Waals surface area contributed by atoms with Crippen molar-refractivity contribution in [2.24, 2.45) is 5.41 Å². The van der Waals surface area contributed by atoms with Crippen molar-refractivity contribution in [2.75, 3.05) is 6.61 Å². The van der Waals surface area contributed by atoms with Crippen LogP contribution < -0.4 is 0 Å². The van der Waals surface area contributed by atoms with E-state index in [1.165, 1.54) is 12.1 Å². The van der Waals surface area contributed by atoms with E-state index < -0.39 is 23.3 Å². The van der Waals surface area contributed by atoms with E-state index in [1.54, 1.807) is 0 Å². The maximum Gasteiger partial charge on any atom is 0.126 e. The number of hydrogen-bond acceptors (Lipinski definition) is 2. The third-order valence-corrected chi connectivity index (χ3v) is 4.58. The smallest absolute Gasteiger partial charge is 0.126 e. The highest BCUT2D eigenvalue weighted by molar-refractivity contribution is 5.23. The molecule has 21 heavy (non-hydrogen) atoms. The van der Waals surface area contributed by atoms with Gasteiger partial charge in [0.1, 0.15) is 17.7 Å². The van der Waals surface area contributed by atoms with Gasteiger partial charge < -0.3 is 9.84 Å². The van der Waals surface area contributed by atoms with E-state index in [2.05, 4.69) is 13.8 Å². The van der Waals surface area contributed by atoms with Gasteiger partial charge in [0.25, 0.3) is 0 Å². The van der Waals surface area contributed by atoms with Crippen LogP contribution >= 0.6 is 0 Å². The normalized spacial score (nSPS) is 22.0. The predicted octanol–water partition coefficient (Wildman–Crippen LogP) is 4.37. The standard InChI is InChI=1S/C17H24F2O2/c1-4-21-17(7-5-16(2,3)6-8-17)15(20)12-9-13(18)11-14(19)10-12/h9-11,15,20H,4-8H2,1-3H3. The molecule has 1 atom stereocenters. The minimum Gasteiger partial charge on any atom is -0.385 e. The average Bonchev–Trinajstić information content (AvgIpc) is 2.40. The van der Waals surface area contributed by atoms with Gasteiger partial charge in [0.05, 0.1) is 5.60 Å². The molecule has 2 nitrogen and oxygen atoms in total. The van der Waals surface area contributed by atoms with Crippen molar-refractivity contribution < 1.29 is 18.6 Å². The van der Waals surface area contributed by atoms with Crippen LogP contribution in [0.5, 0.6) is 0 Å². The van der Waals surface area contributed by atoms with Crippen molar-refractivity contribution in [3.05, 3.63) is 35.4 Å². The van der Waals surface area contributed by atoms with Crippen molar-refractivity contribution in [1.82, 2.24) is 0 Å². The Bertz CT molecular complexity index is 469. The van der Waals surface area contributed by atoms with Gasteiger partial charge in [0, 0.05) is 12.7 Å². The molecule has 1 aromatic rings. The molecule has 1 aromatic carbocycles. The summed E-state index contributed by atoms with van der Waals surface area (Å²) < 4.78 is 32.7. The first kappa shape index (κ1) is 16.4. The summed E-state index contributed by atoms with van der Waals surface area (Å²) in [5.74, 6) is -1.35.